The van der Waals surface area contributed by atoms with E-state index in [0.717, 1.165) is 31.0 Å². The van der Waals surface area contributed by atoms with Crippen LogP contribution >= 0.6 is 0 Å². The molecule has 0 radical (unpaired) electrons. The van der Waals surface area contributed by atoms with E-state index in [9.17, 15) is 18.8 Å². The Balaban J connectivity index is 2.16. The molecule has 0 spiro atoms. The van der Waals surface area contributed by atoms with Gasteiger partial charge in [0.25, 0.3) is 0 Å². The molecule has 1 fully saturated rings. The van der Waals surface area contributed by atoms with Gasteiger partial charge in [-0.25, -0.2) is 9.18 Å². The molecular weight excluding hydrogens is 315 g/mol. The molecule has 2 rings (SSSR count). The van der Waals surface area contributed by atoms with E-state index in [-0.39, 0.29) is 17.2 Å². The molecule has 130 valence electrons. The number of amides is 2. The summed E-state index contributed by atoms with van der Waals surface area (Å²) in [5.74, 6) is -2.49. The number of halogens is 1. The van der Waals surface area contributed by atoms with Crippen molar-refractivity contribution in [2.24, 2.45) is 0 Å². The average Bonchev–Trinajstić information content (AvgIpc) is 2.56. The smallest absolute Gasteiger partial charge is 0.335 e. The minimum absolute atomic E-state index is 0.0860. The van der Waals surface area contributed by atoms with E-state index in [1.54, 1.807) is 4.90 Å². The number of carboxylic acids is 1. The van der Waals surface area contributed by atoms with Crippen LogP contribution in [0.2, 0.25) is 0 Å². The number of nitrogens with one attached hydrogen (secondary N) is 1. The van der Waals surface area contributed by atoms with E-state index in [1.165, 1.54) is 0 Å². The fourth-order valence-electron chi connectivity index (χ4n) is 2.83. The number of piperidine rings is 1. The van der Waals surface area contributed by atoms with Crippen LogP contribution in [0.25, 0.3) is 0 Å². The highest BCUT2D eigenvalue weighted by Gasteiger charge is 2.32. The first-order valence-corrected chi connectivity index (χ1v) is 8.07. The maximum atomic E-state index is 13.8. The number of aromatic carboxylic acids is 1. The molecule has 0 saturated carbocycles. The predicted octanol–water partition coefficient (Wildman–Crippen LogP) is 2.64. The van der Waals surface area contributed by atoms with E-state index in [4.69, 9.17) is 5.11 Å². The zero-order valence-electron chi connectivity index (χ0n) is 13.5. The minimum Gasteiger partial charge on any atom is -0.478 e. The lowest BCUT2D eigenvalue weighted by atomic mass is 10.0. The Morgan fingerprint density at radius 1 is 1.33 bits per heavy atom. The Bertz CT molecular complexity index is 647. The second-order valence-electron chi connectivity index (χ2n) is 5.84. The summed E-state index contributed by atoms with van der Waals surface area (Å²) in [4.78, 5) is 37.2. The third-order valence-corrected chi connectivity index (χ3v) is 4.06. The van der Waals surface area contributed by atoms with Crippen molar-refractivity contribution in [3.8, 4) is 0 Å². The Morgan fingerprint density at radius 2 is 2.08 bits per heavy atom. The molecule has 1 atom stereocenters. The van der Waals surface area contributed by atoms with Gasteiger partial charge in [0.15, 0.2) is 0 Å². The molecule has 2 N–H and O–H groups in total. The van der Waals surface area contributed by atoms with E-state index >= 15 is 0 Å². The second kappa shape index (κ2) is 7.90. The summed E-state index contributed by atoms with van der Waals surface area (Å²) in [6.45, 7) is 2.40. The lowest BCUT2D eigenvalue weighted by molar-refractivity contribution is -0.140. The third-order valence-electron chi connectivity index (χ3n) is 4.06. The minimum atomic E-state index is -1.21. The number of rotatable bonds is 5. The Kier molecular flexibility index (Phi) is 5.89. The van der Waals surface area contributed by atoms with Crippen LogP contribution in [0, 0.1) is 5.82 Å². The second-order valence-corrected chi connectivity index (χ2v) is 5.84. The molecule has 0 aliphatic carbocycles. The van der Waals surface area contributed by atoms with Gasteiger partial charge in [0.2, 0.25) is 11.8 Å². The lowest BCUT2D eigenvalue weighted by Crippen LogP contribution is -2.50. The van der Waals surface area contributed by atoms with Gasteiger partial charge in [-0.1, -0.05) is 6.92 Å². The average molecular weight is 336 g/mol. The van der Waals surface area contributed by atoms with Crippen LogP contribution in [-0.4, -0.2) is 40.4 Å². The van der Waals surface area contributed by atoms with Gasteiger partial charge in [0, 0.05) is 13.0 Å². The van der Waals surface area contributed by atoms with Gasteiger partial charge in [-0.2, -0.15) is 0 Å². The fraction of sp³-hybridized carbons (Fsp3) is 0.471. The lowest BCUT2D eigenvalue weighted by Gasteiger charge is -2.34. The molecule has 7 heteroatoms. The molecule has 1 heterocycles. The van der Waals surface area contributed by atoms with Crippen molar-refractivity contribution >= 4 is 23.5 Å². The van der Waals surface area contributed by atoms with E-state index < -0.39 is 23.7 Å². The Hall–Kier alpha value is -2.44. The molecule has 1 aliphatic rings. The molecule has 1 aliphatic heterocycles. The molecule has 24 heavy (non-hydrogen) atoms. The summed E-state index contributed by atoms with van der Waals surface area (Å²) in [6.07, 6.45) is 3.22. The maximum absolute atomic E-state index is 13.8. The monoisotopic (exact) mass is 336 g/mol. The molecule has 0 aromatic heterocycles. The summed E-state index contributed by atoms with van der Waals surface area (Å²) in [6, 6.07) is 2.56. The predicted molar refractivity (Wildman–Crippen MR) is 86.2 cm³/mol. The van der Waals surface area contributed by atoms with E-state index in [1.807, 2.05) is 6.92 Å². The highest BCUT2D eigenvalue weighted by Crippen LogP contribution is 2.22. The fourth-order valence-corrected chi connectivity index (χ4v) is 2.83. The van der Waals surface area contributed by atoms with Gasteiger partial charge in [-0.3, -0.25) is 9.59 Å². The first kappa shape index (κ1) is 17.9. The maximum Gasteiger partial charge on any atom is 0.335 e. The van der Waals surface area contributed by atoms with Gasteiger partial charge in [0.05, 0.1) is 11.3 Å². The van der Waals surface area contributed by atoms with Crippen molar-refractivity contribution in [3.05, 3.63) is 29.6 Å². The van der Waals surface area contributed by atoms with Gasteiger partial charge in [-0.05, 0) is 43.9 Å². The topological polar surface area (TPSA) is 86.7 Å². The number of benzene rings is 1. The Morgan fingerprint density at radius 3 is 2.75 bits per heavy atom. The van der Waals surface area contributed by atoms with Crippen LogP contribution < -0.4 is 5.32 Å². The summed E-state index contributed by atoms with van der Waals surface area (Å²) < 4.78 is 13.8. The summed E-state index contributed by atoms with van der Waals surface area (Å²) in [5, 5.41) is 11.4. The van der Waals surface area contributed by atoms with Gasteiger partial charge < -0.3 is 15.3 Å². The van der Waals surface area contributed by atoms with Crippen LogP contribution in [0.15, 0.2) is 18.2 Å². The number of likely N-dealkylation sites (tertiary alicyclic amines) is 1. The third kappa shape index (κ3) is 4.10. The van der Waals surface area contributed by atoms with Crippen molar-refractivity contribution < 1.29 is 23.9 Å². The largest absolute Gasteiger partial charge is 0.478 e. The van der Waals surface area contributed by atoms with Crippen molar-refractivity contribution in [2.45, 2.75) is 45.1 Å². The van der Waals surface area contributed by atoms with Gasteiger partial charge in [0.1, 0.15) is 11.9 Å². The van der Waals surface area contributed by atoms with Crippen molar-refractivity contribution in [1.82, 2.24) is 4.90 Å². The molecule has 1 aromatic rings. The molecule has 1 unspecified atom stereocenters. The summed E-state index contributed by atoms with van der Waals surface area (Å²) >= 11 is 0. The number of anilines is 1. The molecule has 1 saturated heterocycles. The summed E-state index contributed by atoms with van der Waals surface area (Å²) in [5.41, 5.74) is -0.303. The standard InChI is InChI=1S/C17H21FN2O4/c1-2-5-15(21)20-9-4-3-6-14(20)16(22)19-13-10-11(17(23)24)7-8-12(13)18/h7-8,10,14H,2-6,9H2,1H3,(H,19,22)(H,23,24). The number of hydrogen-bond donors (Lipinski definition) is 2. The summed E-state index contributed by atoms with van der Waals surface area (Å²) in [7, 11) is 0. The number of carbonyl (C=O) groups is 3. The number of hydrogen-bond acceptors (Lipinski definition) is 3. The quantitative estimate of drug-likeness (QED) is 0.865. The number of carboxylic acid groups (broad SMARTS) is 1. The Labute approximate surface area is 139 Å². The number of nitrogens with zero attached hydrogens (tertiary/aromatic N) is 1. The zero-order chi connectivity index (χ0) is 17.7. The van der Waals surface area contributed by atoms with Crippen LogP contribution in [0.4, 0.5) is 10.1 Å². The van der Waals surface area contributed by atoms with Crippen LogP contribution in [0.1, 0.15) is 49.4 Å². The van der Waals surface area contributed by atoms with Crippen LogP contribution in [0.3, 0.4) is 0 Å². The molecular formula is C17H21FN2O4. The van der Waals surface area contributed by atoms with Gasteiger partial charge in [-0.15, -0.1) is 0 Å². The van der Waals surface area contributed by atoms with Crippen LogP contribution in [0.5, 0.6) is 0 Å². The highest BCUT2D eigenvalue weighted by atomic mass is 19.1. The van der Waals surface area contributed by atoms with Crippen molar-refractivity contribution in [2.75, 3.05) is 11.9 Å². The molecule has 1 aromatic carbocycles. The van der Waals surface area contributed by atoms with Crippen LogP contribution in [-0.2, 0) is 9.59 Å². The molecule has 6 nitrogen and oxygen atoms in total. The molecule has 2 amide bonds. The van der Waals surface area contributed by atoms with Crippen molar-refractivity contribution in [3.63, 3.8) is 0 Å². The zero-order valence-corrected chi connectivity index (χ0v) is 13.5. The van der Waals surface area contributed by atoms with E-state index in [0.29, 0.717) is 25.8 Å². The van der Waals surface area contributed by atoms with Gasteiger partial charge >= 0.3 is 5.97 Å². The first-order chi connectivity index (χ1) is 11.4. The van der Waals surface area contributed by atoms with E-state index in [2.05, 4.69) is 5.32 Å². The normalized spacial score (nSPS) is 17.4. The molecule has 0 bridgehead atoms. The highest BCUT2D eigenvalue weighted by molar-refractivity contribution is 5.98. The van der Waals surface area contributed by atoms with Crippen molar-refractivity contribution in [1.29, 1.82) is 0 Å². The first-order valence-electron chi connectivity index (χ1n) is 8.07. The number of carbonyl (C=O) groups excluding carboxylic acids is 2. The SMILES string of the molecule is CCCC(=O)N1CCCCC1C(=O)Nc1cc(C(=O)O)ccc1F.